The third-order valence-electron chi connectivity index (χ3n) is 4.26. The molecule has 0 aromatic heterocycles. The fraction of sp³-hybridized carbons (Fsp3) is 0.300. The van der Waals surface area contributed by atoms with E-state index < -0.39 is 10.0 Å². The van der Waals surface area contributed by atoms with Crippen molar-refractivity contribution in [2.45, 2.75) is 20.8 Å². The van der Waals surface area contributed by atoms with Gasteiger partial charge in [-0.1, -0.05) is 12.1 Å². The number of nitrogens with zero attached hydrogens (tertiary/aromatic N) is 1. The second-order valence-electron chi connectivity index (χ2n) is 6.06. The van der Waals surface area contributed by atoms with Gasteiger partial charge in [-0.05, 0) is 57.2 Å². The van der Waals surface area contributed by atoms with Crippen LogP contribution in [0.1, 0.15) is 41.5 Å². The van der Waals surface area contributed by atoms with Gasteiger partial charge in [0.2, 0.25) is 10.0 Å². The van der Waals surface area contributed by atoms with E-state index in [0.29, 0.717) is 35.6 Å². The minimum Gasteiger partial charge on any atom is -0.339 e. The number of hydrogen-bond donors (Lipinski definition) is 2. The minimum absolute atomic E-state index is 0.0351. The molecule has 0 radical (unpaired) electrons. The molecule has 8 heteroatoms. The molecule has 2 amide bonds. The van der Waals surface area contributed by atoms with E-state index in [1.54, 1.807) is 36.1 Å². The summed E-state index contributed by atoms with van der Waals surface area (Å²) >= 11 is 0. The number of sulfonamides is 1. The molecule has 0 saturated carbocycles. The lowest BCUT2D eigenvalue weighted by Crippen LogP contribution is -2.31. The SMILES string of the molecule is CCN(CC)C(=O)c1ccccc1NC(=O)c1ccc(NS(=O)(=O)CC)cc1. The van der Waals surface area contributed by atoms with Gasteiger partial charge in [0.1, 0.15) is 0 Å². The van der Waals surface area contributed by atoms with Crippen LogP contribution in [0.25, 0.3) is 0 Å². The summed E-state index contributed by atoms with van der Waals surface area (Å²) in [5.41, 5.74) is 1.59. The molecule has 150 valence electrons. The molecular weight excluding hydrogens is 378 g/mol. The van der Waals surface area contributed by atoms with Crippen molar-refractivity contribution < 1.29 is 18.0 Å². The van der Waals surface area contributed by atoms with Crippen molar-refractivity contribution in [1.82, 2.24) is 4.90 Å². The Morgan fingerprint density at radius 2 is 1.54 bits per heavy atom. The smallest absolute Gasteiger partial charge is 0.255 e. The van der Waals surface area contributed by atoms with Crippen molar-refractivity contribution in [2.24, 2.45) is 0 Å². The van der Waals surface area contributed by atoms with Crippen LogP contribution in [0.3, 0.4) is 0 Å². The van der Waals surface area contributed by atoms with Gasteiger partial charge in [-0.15, -0.1) is 0 Å². The van der Waals surface area contributed by atoms with E-state index in [-0.39, 0.29) is 17.6 Å². The summed E-state index contributed by atoms with van der Waals surface area (Å²) in [6, 6.07) is 13.0. The van der Waals surface area contributed by atoms with Gasteiger partial charge in [-0.2, -0.15) is 0 Å². The topological polar surface area (TPSA) is 95.6 Å². The lowest BCUT2D eigenvalue weighted by molar-refractivity contribution is 0.0774. The van der Waals surface area contributed by atoms with Crippen molar-refractivity contribution in [3.63, 3.8) is 0 Å². The highest BCUT2D eigenvalue weighted by Gasteiger charge is 2.18. The van der Waals surface area contributed by atoms with E-state index in [1.165, 1.54) is 24.3 Å². The highest BCUT2D eigenvalue weighted by Crippen LogP contribution is 2.19. The molecule has 28 heavy (non-hydrogen) atoms. The number of para-hydroxylation sites is 1. The van der Waals surface area contributed by atoms with Crippen LogP contribution in [0.2, 0.25) is 0 Å². The molecule has 0 spiro atoms. The molecule has 0 aliphatic heterocycles. The second-order valence-corrected chi connectivity index (χ2v) is 8.07. The van der Waals surface area contributed by atoms with E-state index >= 15 is 0 Å². The van der Waals surface area contributed by atoms with E-state index in [4.69, 9.17) is 0 Å². The molecule has 0 saturated heterocycles. The molecule has 0 unspecified atom stereocenters. The predicted octanol–water partition coefficient (Wildman–Crippen LogP) is 3.18. The summed E-state index contributed by atoms with van der Waals surface area (Å²) in [5, 5.41) is 2.76. The summed E-state index contributed by atoms with van der Waals surface area (Å²) in [6.45, 7) is 6.49. The van der Waals surface area contributed by atoms with Crippen LogP contribution in [0.5, 0.6) is 0 Å². The first-order valence-electron chi connectivity index (χ1n) is 9.11. The average Bonchev–Trinajstić information content (AvgIpc) is 2.69. The largest absolute Gasteiger partial charge is 0.339 e. The molecule has 0 fully saturated rings. The molecule has 2 N–H and O–H groups in total. The van der Waals surface area contributed by atoms with Crippen molar-refractivity contribution >= 4 is 33.2 Å². The Kier molecular flexibility index (Phi) is 7.17. The normalized spacial score (nSPS) is 11.0. The average molecular weight is 404 g/mol. The number of rotatable bonds is 8. The van der Waals surface area contributed by atoms with Gasteiger partial charge >= 0.3 is 0 Å². The van der Waals surface area contributed by atoms with Crippen molar-refractivity contribution in [3.05, 3.63) is 59.7 Å². The van der Waals surface area contributed by atoms with E-state index in [2.05, 4.69) is 10.0 Å². The monoisotopic (exact) mass is 403 g/mol. The van der Waals surface area contributed by atoms with Crippen LogP contribution in [-0.2, 0) is 10.0 Å². The van der Waals surface area contributed by atoms with Gasteiger partial charge in [0.05, 0.1) is 17.0 Å². The van der Waals surface area contributed by atoms with E-state index in [0.717, 1.165) is 0 Å². The number of carbonyl (C=O) groups excluding carboxylic acids is 2. The summed E-state index contributed by atoms with van der Waals surface area (Å²) in [6.07, 6.45) is 0. The van der Waals surface area contributed by atoms with Gasteiger partial charge in [0, 0.05) is 24.3 Å². The van der Waals surface area contributed by atoms with Crippen LogP contribution in [0.15, 0.2) is 48.5 Å². The Morgan fingerprint density at radius 1 is 0.929 bits per heavy atom. The first-order chi connectivity index (χ1) is 13.3. The molecule has 0 aliphatic carbocycles. The maximum Gasteiger partial charge on any atom is 0.255 e. The predicted molar refractivity (Wildman–Crippen MR) is 111 cm³/mol. The Bertz CT molecular complexity index is 936. The Labute approximate surface area is 165 Å². The van der Waals surface area contributed by atoms with Crippen molar-refractivity contribution in [2.75, 3.05) is 28.9 Å². The van der Waals surface area contributed by atoms with Gasteiger partial charge in [0.25, 0.3) is 11.8 Å². The molecule has 0 aliphatic rings. The maximum absolute atomic E-state index is 12.7. The highest BCUT2D eigenvalue weighted by atomic mass is 32.2. The third kappa shape index (κ3) is 5.32. The molecule has 2 rings (SSSR count). The van der Waals surface area contributed by atoms with E-state index in [9.17, 15) is 18.0 Å². The summed E-state index contributed by atoms with van der Waals surface area (Å²) in [7, 11) is -3.38. The number of amides is 2. The number of benzene rings is 2. The molecular formula is C20H25N3O4S. The lowest BCUT2D eigenvalue weighted by atomic mass is 10.1. The van der Waals surface area contributed by atoms with E-state index in [1.807, 2.05) is 13.8 Å². The number of anilines is 2. The summed E-state index contributed by atoms with van der Waals surface area (Å²) in [4.78, 5) is 26.9. The van der Waals surface area contributed by atoms with Crippen molar-refractivity contribution in [1.29, 1.82) is 0 Å². The number of nitrogens with one attached hydrogen (secondary N) is 2. The molecule has 0 atom stereocenters. The van der Waals surface area contributed by atoms with Crippen LogP contribution in [0.4, 0.5) is 11.4 Å². The zero-order valence-electron chi connectivity index (χ0n) is 16.2. The summed E-state index contributed by atoms with van der Waals surface area (Å²) < 4.78 is 25.6. The Hall–Kier alpha value is -2.87. The quantitative estimate of drug-likeness (QED) is 0.708. The fourth-order valence-corrected chi connectivity index (χ4v) is 3.24. The molecule has 2 aromatic rings. The maximum atomic E-state index is 12.7. The first kappa shape index (κ1) is 21.4. The number of carbonyl (C=O) groups is 2. The Balaban J connectivity index is 2.18. The Morgan fingerprint density at radius 3 is 2.11 bits per heavy atom. The number of hydrogen-bond acceptors (Lipinski definition) is 4. The third-order valence-corrected chi connectivity index (χ3v) is 5.56. The molecule has 0 heterocycles. The van der Waals surface area contributed by atoms with Gasteiger partial charge in [0.15, 0.2) is 0 Å². The van der Waals surface area contributed by atoms with Crippen LogP contribution in [0, 0.1) is 0 Å². The van der Waals surface area contributed by atoms with Gasteiger partial charge in [-0.25, -0.2) is 8.42 Å². The molecule has 0 bridgehead atoms. The van der Waals surface area contributed by atoms with Gasteiger partial charge in [-0.3, -0.25) is 14.3 Å². The lowest BCUT2D eigenvalue weighted by Gasteiger charge is -2.20. The standard InChI is InChI=1S/C20H25N3O4S/c1-4-23(5-2)20(25)17-9-7-8-10-18(17)21-19(24)15-11-13-16(14-12-15)22-28(26,27)6-3/h7-14,22H,4-6H2,1-3H3,(H,21,24). The zero-order valence-corrected chi connectivity index (χ0v) is 17.0. The van der Waals surface area contributed by atoms with Crippen LogP contribution in [-0.4, -0.2) is 44.0 Å². The second kappa shape index (κ2) is 9.36. The van der Waals surface area contributed by atoms with Crippen LogP contribution >= 0.6 is 0 Å². The van der Waals surface area contributed by atoms with Crippen molar-refractivity contribution in [3.8, 4) is 0 Å². The summed E-state index contributed by atoms with van der Waals surface area (Å²) in [5.74, 6) is -0.568. The highest BCUT2D eigenvalue weighted by molar-refractivity contribution is 7.92. The van der Waals surface area contributed by atoms with Crippen LogP contribution < -0.4 is 10.0 Å². The van der Waals surface area contributed by atoms with Gasteiger partial charge < -0.3 is 10.2 Å². The fourth-order valence-electron chi connectivity index (χ4n) is 2.60. The zero-order chi connectivity index (χ0) is 20.7. The molecule has 7 nitrogen and oxygen atoms in total. The molecule has 2 aromatic carbocycles. The first-order valence-corrected chi connectivity index (χ1v) is 10.8. The minimum atomic E-state index is -3.38.